The van der Waals surface area contributed by atoms with Crippen LogP contribution in [0.1, 0.15) is 29.0 Å². The van der Waals surface area contributed by atoms with Crippen molar-refractivity contribution in [3.63, 3.8) is 0 Å². The van der Waals surface area contributed by atoms with E-state index in [1.54, 1.807) is 12.4 Å². The Balaban J connectivity index is 1.88. The van der Waals surface area contributed by atoms with Gasteiger partial charge < -0.3 is 10.3 Å². The van der Waals surface area contributed by atoms with E-state index >= 15 is 0 Å². The Bertz CT molecular complexity index is 572. The minimum atomic E-state index is -0.0959. The summed E-state index contributed by atoms with van der Waals surface area (Å²) < 4.78 is 0. The lowest BCUT2D eigenvalue weighted by Gasteiger charge is -1.99. The van der Waals surface area contributed by atoms with E-state index in [-0.39, 0.29) is 5.91 Å². The molecular weight excluding hydrogens is 228 g/mol. The van der Waals surface area contributed by atoms with Crippen LogP contribution in [0.15, 0.2) is 24.5 Å². The minimum Gasteiger partial charge on any atom is -0.348 e. The molecule has 2 aromatic heterocycles. The quantitative estimate of drug-likeness (QED) is 0.860. The van der Waals surface area contributed by atoms with Gasteiger partial charge in [0.05, 0.1) is 0 Å². The molecule has 1 aliphatic carbocycles. The standard InChI is InChI=1S/C13H14N4O/c1-8-11(13(18)16-10-4-5-10)17-12(15-8)9-3-2-6-14-7-9/h2-3,6-7,10H,4-5H2,1H3,(H,15,17)(H,16,18). The number of nitrogens with one attached hydrogen (secondary N) is 2. The Labute approximate surface area is 105 Å². The maximum atomic E-state index is 12.0. The molecule has 0 aliphatic heterocycles. The van der Waals surface area contributed by atoms with Gasteiger partial charge in [-0.15, -0.1) is 0 Å². The highest BCUT2D eigenvalue weighted by molar-refractivity contribution is 5.94. The zero-order chi connectivity index (χ0) is 12.5. The van der Waals surface area contributed by atoms with Crippen LogP contribution in [-0.2, 0) is 0 Å². The zero-order valence-corrected chi connectivity index (χ0v) is 10.1. The molecular formula is C13H14N4O. The summed E-state index contributed by atoms with van der Waals surface area (Å²) in [5, 5.41) is 2.94. The van der Waals surface area contributed by atoms with Gasteiger partial charge in [0.25, 0.3) is 5.91 Å². The van der Waals surface area contributed by atoms with Crippen molar-refractivity contribution in [2.24, 2.45) is 0 Å². The first-order chi connectivity index (χ1) is 8.74. The van der Waals surface area contributed by atoms with Crippen molar-refractivity contribution in [3.05, 3.63) is 35.9 Å². The summed E-state index contributed by atoms with van der Waals surface area (Å²) in [7, 11) is 0. The average Bonchev–Trinajstić information content (AvgIpc) is 3.10. The summed E-state index contributed by atoms with van der Waals surface area (Å²) in [5.41, 5.74) is 2.14. The van der Waals surface area contributed by atoms with Crippen molar-refractivity contribution < 1.29 is 4.79 Å². The average molecular weight is 242 g/mol. The Morgan fingerprint density at radius 1 is 1.50 bits per heavy atom. The minimum absolute atomic E-state index is 0.0959. The summed E-state index contributed by atoms with van der Waals surface area (Å²) in [6.07, 6.45) is 5.58. The van der Waals surface area contributed by atoms with Gasteiger partial charge in [-0.25, -0.2) is 4.98 Å². The Morgan fingerprint density at radius 2 is 2.33 bits per heavy atom. The topological polar surface area (TPSA) is 70.7 Å². The van der Waals surface area contributed by atoms with Gasteiger partial charge in [-0.2, -0.15) is 0 Å². The van der Waals surface area contributed by atoms with Gasteiger partial charge in [0.2, 0.25) is 0 Å². The van der Waals surface area contributed by atoms with E-state index in [4.69, 9.17) is 0 Å². The van der Waals surface area contributed by atoms with Crippen molar-refractivity contribution in [1.29, 1.82) is 0 Å². The molecule has 0 unspecified atom stereocenters. The smallest absolute Gasteiger partial charge is 0.271 e. The first-order valence-corrected chi connectivity index (χ1v) is 6.02. The van der Waals surface area contributed by atoms with Gasteiger partial charge in [0.1, 0.15) is 11.5 Å². The number of nitrogens with zero attached hydrogens (tertiary/aromatic N) is 2. The molecule has 5 nitrogen and oxygen atoms in total. The number of hydrogen-bond donors (Lipinski definition) is 2. The molecule has 1 aliphatic rings. The monoisotopic (exact) mass is 242 g/mol. The molecule has 0 saturated heterocycles. The first kappa shape index (κ1) is 11.0. The molecule has 1 saturated carbocycles. The van der Waals surface area contributed by atoms with Crippen LogP contribution in [0.3, 0.4) is 0 Å². The zero-order valence-electron chi connectivity index (χ0n) is 10.1. The van der Waals surface area contributed by atoms with E-state index in [1.165, 1.54) is 0 Å². The number of H-pyrrole nitrogens is 1. The maximum Gasteiger partial charge on any atom is 0.271 e. The van der Waals surface area contributed by atoms with E-state index in [2.05, 4.69) is 20.3 Å². The highest BCUT2D eigenvalue weighted by Crippen LogP contribution is 2.21. The normalized spacial score (nSPS) is 14.5. The molecule has 0 bridgehead atoms. The number of pyridine rings is 1. The third-order valence-electron chi connectivity index (χ3n) is 2.95. The van der Waals surface area contributed by atoms with Crippen LogP contribution in [0.4, 0.5) is 0 Å². The van der Waals surface area contributed by atoms with Gasteiger partial charge in [-0.3, -0.25) is 9.78 Å². The number of carbonyl (C=O) groups is 1. The van der Waals surface area contributed by atoms with Crippen LogP contribution in [0, 0.1) is 6.92 Å². The van der Waals surface area contributed by atoms with Gasteiger partial charge in [0, 0.05) is 29.7 Å². The number of imidazole rings is 1. The molecule has 18 heavy (non-hydrogen) atoms. The largest absolute Gasteiger partial charge is 0.348 e. The van der Waals surface area contributed by atoms with Crippen molar-refractivity contribution in [2.75, 3.05) is 0 Å². The van der Waals surface area contributed by atoms with Gasteiger partial charge in [-0.05, 0) is 31.9 Å². The molecule has 3 rings (SSSR count). The van der Waals surface area contributed by atoms with Crippen LogP contribution in [0.2, 0.25) is 0 Å². The second kappa shape index (κ2) is 4.25. The Hall–Kier alpha value is -2.17. The summed E-state index contributed by atoms with van der Waals surface area (Å²) in [6, 6.07) is 4.10. The SMILES string of the molecule is Cc1[nH]c(-c2cccnc2)nc1C(=O)NC1CC1. The molecule has 2 aromatic rings. The fourth-order valence-electron chi connectivity index (χ4n) is 1.80. The van der Waals surface area contributed by atoms with Crippen LogP contribution < -0.4 is 5.32 Å². The summed E-state index contributed by atoms with van der Waals surface area (Å²) in [5.74, 6) is 0.586. The third-order valence-corrected chi connectivity index (χ3v) is 2.95. The lowest BCUT2D eigenvalue weighted by Crippen LogP contribution is -2.26. The van der Waals surface area contributed by atoms with Crippen molar-refractivity contribution in [1.82, 2.24) is 20.3 Å². The van der Waals surface area contributed by atoms with Crippen LogP contribution >= 0.6 is 0 Å². The van der Waals surface area contributed by atoms with Crippen molar-refractivity contribution in [2.45, 2.75) is 25.8 Å². The molecule has 0 aromatic carbocycles. The summed E-state index contributed by atoms with van der Waals surface area (Å²) in [4.78, 5) is 23.5. The Kier molecular flexibility index (Phi) is 2.59. The van der Waals surface area contributed by atoms with E-state index in [1.807, 2.05) is 19.1 Å². The molecule has 0 spiro atoms. The third kappa shape index (κ3) is 2.11. The fourth-order valence-corrected chi connectivity index (χ4v) is 1.80. The van der Waals surface area contributed by atoms with E-state index in [0.29, 0.717) is 17.6 Å². The van der Waals surface area contributed by atoms with Crippen LogP contribution in [0.5, 0.6) is 0 Å². The molecule has 1 fully saturated rings. The summed E-state index contributed by atoms with van der Waals surface area (Å²) in [6.45, 7) is 1.86. The fraction of sp³-hybridized carbons (Fsp3) is 0.308. The van der Waals surface area contributed by atoms with E-state index < -0.39 is 0 Å². The first-order valence-electron chi connectivity index (χ1n) is 6.02. The second-order valence-corrected chi connectivity index (χ2v) is 4.55. The molecule has 2 N–H and O–H groups in total. The molecule has 5 heteroatoms. The predicted octanol–water partition coefficient (Wildman–Crippen LogP) is 1.67. The summed E-state index contributed by atoms with van der Waals surface area (Å²) >= 11 is 0. The second-order valence-electron chi connectivity index (χ2n) is 4.55. The molecule has 2 heterocycles. The highest BCUT2D eigenvalue weighted by Gasteiger charge is 2.25. The maximum absolute atomic E-state index is 12.0. The lowest BCUT2D eigenvalue weighted by molar-refractivity contribution is 0.0946. The number of amides is 1. The number of hydrogen-bond acceptors (Lipinski definition) is 3. The molecule has 0 atom stereocenters. The van der Waals surface area contributed by atoms with E-state index in [0.717, 1.165) is 24.1 Å². The molecule has 1 amide bonds. The van der Waals surface area contributed by atoms with Gasteiger partial charge >= 0.3 is 0 Å². The number of rotatable bonds is 3. The van der Waals surface area contributed by atoms with Crippen LogP contribution in [0.25, 0.3) is 11.4 Å². The lowest BCUT2D eigenvalue weighted by atomic mass is 10.3. The van der Waals surface area contributed by atoms with Crippen LogP contribution in [-0.4, -0.2) is 26.9 Å². The number of carbonyl (C=O) groups excluding carboxylic acids is 1. The van der Waals surface area contributed by atoms with Crippen molar-refractivity contribution >= 4 is 5.91 Å². The van der Waals surface area contributed by atoms with Crippen molar-refractivity contribution in [3.8, 4) is 11.4 Å². The van der Waals surface area contributed by atoms with Gasteiger partial charge in [-0.1, -0.05) is 0 Å². The Morgan fingerprint density at radius 3 is 3.00 bits per heavy atom. The molecule has 92 valence electrons. The highest BCUT2D eigenvalue weighted by atomic mass is 16.2. The number of aromatic amines is 1. The molecule has 0 radical (unpaired) electrons. The number of aromatic nitrogens is 3. The number of aryl methyl sites for hydroxylation is 1. The van der Waals surface area contributed by atoms with E-state index in [9.17, 15) is 4.79 Å². The van der Waals surface area contributed by atoms with Gasteiger partial charge in [0.15, 0.2) is 0 Å². The predicted molar refractivity (Wildman–Crippen MR) is 67.0 cm³/mol.